The van der Waals surface area contributed by atoms with Crippen LogP contribution in [0.15, 0.2) is 45.6 Å². The molecule has 20 heavy (non-hydrogen) atoms. The van der Waals surface area contributed by atoms with Crippen LogP contribution >= 0.6 is 27.3 Å². The molecule has 0 radical (unpaired) electrons. The maximum Gasteiger partial charge on any atom is 0.247 e. The third kappa shape index (κ3) is 2.91. The molecule has 0 aliphatic heterocycles. The minimum atomic E-state index is 0.531. The van der Waals surface area contributed by atoms with Gasteiger partial charge in [-0.1, -0.05) is 6.07 Å². The Morgan fingerprint density at radius 1 is 1.35 bits per heavy atom. The minimum Gasteiger partial charge on any atom is -0.423 e. The number of benzene rings is 1. The van der Waals surface area contributed by atoms with E-state index in [0.717, 1.165) is 17.8 Å². The van der Waals surface area contributed by atoms with E-state index in [4.69, 9.17) is 4.42 Å². The summed E-state index contributed by atoms with van der Waals surface area (Å²) in [4.78, 5) is 2.58. The molecule has 0 atom stereocenters. The Labute approximate surface area is 129 Å². The lowest BCUT2D eigenvalue weighted by molar-refractivity contribution is 0.568. The van der Waals surface area contributed by atoms with Crippen LogP contribution in [0.4, 0.5) is 5.69 Å². The number of thiophene rings is 1. The van der Waals surface area contributed by atoms with Crippen LogP contribution in [0.25, 0.3) is 11.5 Å². The molecule has 102 valence electrons. The van der Waals surface area contributed by atoms with Crippen LogP contribution in [0, 0.1) is 6.92 Å². The second-order valence-electron chi connectivity index (χ2n) is 4.30. The van der Waals surface area contributed by atoms with E-state index < -0.39 is 0 Å². The molecule has 3 rings (SSSR count). The fourth-order valence-electron chi connectivity index (χ4n) is 1.86. The van der Waals surface area contributed by atoms with Gasteiger partial charge in [0.2, 0.25) is 12.3 Å². The van der Waals surface area contributed by atoms with E-state index >= 15 is 0 Å². The topological polar surface area (TPSA) is 51.0 Å². The van der Waals surface area contributed by atoms with E-state index in [0.29, 0.717) is 5.89 Å². The van der Waals surface area contributed by atoms with Gasteiger partial charge in [-0.2, -0.15) is 0 Å². The summed E-state index contributed by atoms with van der Waals surface area (Å²) in [6.45, 7) is 2.90. The maximum atomic E-state index is 5.20. The molecule has 0 spiro atoms. The van der Waals surface area contributed by atoms with E-state index in [1.807, 2.05) is 24.3 Å². The zero-order chi connectivity index (χ0) is 13.9. The van der Waals surface area contributed by atoms with Gasteiger partial charge in [0.15, 0.2) is 0 Å². The van der Waals surface area contributed by atoms with Crippen molar-refractivity contribution in [2.45, 2.75) is 13.5 Å². The first-order valence-corrected chi connectivity index (χ1v) is 7.68. The fourth-order valence-corrected chi connectivity index (χ4v) is 3.40. The number of aromatic nitrogens is 2. The van der Waals surface area contributed by atoms with E-state index in [-0.39, 0.29) is 0 Å². The molecular formula is C14H12BrN3OS. The molecule has 4 nitrogen and oxygen atoms in total. The van der Waals surface area contributed by atoms with Crippen LogP contribution in [0.3, 0.4) is 0 Å². The largest absolute Gasteiger partial charge is 0.423 e. The third-order valence-corrected chi connectivity index (χ3v) is 4.98. The number of nitrogens with zero attached hydrogens (tertiary/aromatic N) is 2. The van der Waals surface area contributed by atoms with Gasteiger partial charge in [0.1, 0.15) is 0 Å². The van der Waals surface area contributed by atoms with Crippen LogP contribution in [0.1, 0.15) is 9.75 Å². The smallest absolute Gasteiger partial charge is 0.247 e. The summed E-state index contributed by atoms with van der Waals surface area (Å²) in [7, 11) is 0. The minimum absolute atomic E-state index is 0.531. The molecule has 6 heteroatoms. The zero-order valence-electron chi connectivity index (χ0n) is 10.8. The number of hydrogen-bond donors (Lipinski definition) is 1. The standard InChI is InChI=1S/C14H12BrN3OS/c1-9-13(15)6-12(20-9)7-16-11-4-2-3-10(5-11)14-18-17-8-19-14/h2-6,8,16H,7H2,1H3. The van der Waals surface area contributed by atoms with Crippen molar-refractivity contribution >= 4 is 33.0 Å². The van der Waals surface area contributed by atoms with Gasteiger partial charge in [-0.3, -0.25) is 0 Å². The highest BCUT2D eigenvalue weighted by atomic mass is 79.9. The van der Waals surface area contributed by atoms with Gasteiger partial charge in [0.25, 0.3) is 0 Å². The Hall–Kier alpha value is -1.66. The van der Waals surface area contributed by atoms with Gasteiger partial charge in [-0.25, -0.2) is 0 Å². The van der Waals surface area contributed by atoms with Gasteiger partial charge in [-0.15, -0.1) is 21.5 Å². The third-order valence-electron chi connectivity index (χ3n) is 2.84. The zero-order valence-corrected chi connectivity index (χ0v) is 13.2. The van der Waals surface area contributed by atoms with Crippen molar-refractivity contribution in [3.05, 3.63) is 51.0 Å². The average molecular weight is 350 g/mol. The molecule has 0 bridgehead atoms. The lowest BCUT2D eigenvalue weighted by atomic mass is 10.2. The Morgan fingerprint density at radius 3 is 2.95 bits per heavy atom. The highest BCUT2D eigenvalue weighted by molar-refractivity contribution is 9.10. The van der Waals surface area contributed by atoms with E-state index in [9.17, 15) is 0 Å². The highest BCUT2D eigenvalue weighted by Crippen LogP contribution is 2.27. The summed E-state index contributed by atoms with van der Waals surface area (Å²) >= 11 is 5.32. The van der Waals surface area contributed by atoms with Crippen LogP contribution in [-0.4, -0.2) is 10.2 Å². The van der Waals surface area contributed by atoms with Crippen LogP contribution in [0.5, 0.6) is 0 Å². The molecule has 2 aromatic heterocycles. The lowest BCUT2D eigenvalue weighted by Gasteiger charge is -2.05. The molecule has 0 unspecified atom stereocenters. The van der Waals surface area contributed by atoms with Crippen molar-refractivity contribution in [1.82, 2.24) is 10.2 Å². The molecule has 0 amide bonds. The summed E-state index contributed by atoms with van der Waals surface area (Å²) in [5.41, 5.74) is 1.94. The molecule has 1 N–H and O–H groups in total. The quantitative estimate of drug-likeness (QED) is 0.754. The number of hydrogen-bond acceptors (Lipinski definition) is 5. The Morgan fingerprint density at radius 2 is 2.25 bits per heavy atom. The first kappa shape index (κ1) is 13.3. The first-order valence-electron chi connectivity index (χ1n) is 6.07. The van der Waals surface area contributed by atoms with Gasteiger partial charge >= 0.3 is 0 Å². The highest BCUT2D eigenvalue weighted by Gasteiger charge is 2.05. The van der Waals surface area contributed by atoms with E-state index in [1.54, 1.807) is 11.3 Å². The molecule has 0 aliphatic rings. The number of halogens is 1. The summed E-state index contributed by atoms with van der Waals surface area (Å²) < 4.78 is 6.37. The summed E-state index contributed by atoms with van der Waals surface area (Å²) in [6, 6.07) is 10.1. The summed E-state index contributed by atoms with van der Waals surface area (Å²) in [6.07, 6.45) is 1.33. The Balaban J connectivity index is 1.73. The Bertz CT molecular complexity index is 690. The average Bonchev–Trinajstić information content (AvgIpc) is 3.08. The molecule has 0 aliphatic carbocycles. The lowest BCUT2D eigenvalue weighted by Crippen LogP contribution is -1.97. The van der Waals surface area contributed by atoms with E-state index in [2.05, 4.69) is 44.4 Å². The number of aryl methyl sites for hydroxylation is 1. The van der Waals surface area contributed by atoms with Gasteiger partial charge in [-0.05, 0) is 47.1 Å². The number of rotatable bonds is 4. The summed E-state index contributed by atoms with van der Waals surface area (Å²) in [5, 5.41) is 11.0. The van der Waals surface area contributed by atoms with Crippen LogP contribution < -0.4 is 5.32 Å². The fraction of sp³-hybridized carbons (Fsp3) is 0.143. The van der Waals surface area contributed by atoms with Crippen molar-refractivity contribution in [1.29, 1.82) is 0 Å². The molecule has 0 saturated heterocycles. The molecule has 0 fully saturated rings. The van der Waals surface area contributed by atoms with Crippen molar-refractivity contribution in [2.75, 3.05) is 5.32 Å². The van der Waals surface area contributed by atoms with Crippen molar-refractivity contribution < 1.29 is 4.42 Å². The van der Waals surface area contributed by atoms with Crippen LogP contribution in [0.2, 0.25) is 0 Å². The normalized spacial score (nSPS) is 10.7. The maximum absolute atomic E-state index is 5.20. The SMILES string of the molecule is Cc1sc(CNc2cccc(-c3nnco3)c2)cc1Br. The molecule has 1 aromatic carbocycles. The van der Waals surface area contributed by atoms with Gasteiger partial charge in [0, 0.05) is 32.0 Å². The first-order chi connectivity index (χ1) is 9.72. The second-order valence-corrected chi connectivity index (χ2v) is 6.49. The van der Waals surface area contributed by atoms with Gasteiger partial charge < -0.3 is 9.73 Å². The monoisotopic (exact) mass is 349 g/mol. The Kier molecular flexibility index (Phi) is 3.84. The molecule has 0 saturated carbocycles. The van der Waals surface area contributed by atoms with Crippen LogP contribution in [-0.2, 0) is 6.54 Å². The van der Waals surface area contributed by atoms with Crippen molar-refractivity contribution in [3.63, 3.8) is 0 Å². The van der Waals surface area contributed by atoms with E-state index in [1.165, 1.54) is 20.6 Å². The number of anilines is 1. The second kappa shape index (κ2) is 5.76. The number of nitrogens with one attached hydrogen (secondary N) is 1. The molecule has 3 aromatic rings. The van der Waals surface area contributed by atoms with Crippen molar-refractivity contribution in [2.24, 2.45) is 0 Å². The van der Waals surface area contributed by atoms with Crippen molar-refractivity contribution in [3.8, 4) is 11.5 Å². The molecular weight excluding hydrogens is 338 g/mol. The predicted molar refractivity (Wildman–Crippen MR) is 83.8 cm³/mol. The van der Waals surface area contributed by atoms with Gasteiger partial charge in [0.05, 0.1) is 0 Å². The predicted octanol–water partition coefficient (Wildman–Crippen LogP) is 4.48. The molecule has 2 heterocycles. The summed E-state index contributed by atoms with van der Waals surface area (Å²) in [5.74, 6) is 0.531.